The number of rotatable bonds is 4. The number of carbonyl (C=O) groups excluding carboxylic acids is 2. The summed E-state index contributed by atoms with van der Waals surface area (Å²) in [7, 11) is 0. The standard InChI is InChI=1S/C15H11ClN4O2/c16-11-4-5-18-13(7-11)15(22)19-9-14(21)20-12-3-1-2-10(6-12)8-17/h1-7H,9H2,(H,19,22)(H,20,21). The normalized spacial score (nSPS) is 9.64. The third kappa shape index (κ3) is 4.30. The predicted molar refractivity (Wildman–Crippen MR) is 81.4 cm³/mol. The van der Waals surface area contributed by atoms with Crippen LogP contribution in [0.25, 0.3) is 0 Å². The van der Waals surface area contributed by atoms with Crippen molar-refractivity contribution in [3.63, 3.8) is 0 Å². The van der Waals surface area contributed by atoms with E-state index in [1.807, 2.05) is 6.07 Å². The number of benzene rings is 1. The highest BCUT2D eigenvalue weighted by atomic mass is 35.5. The minimum atomic E-state index is -0.497. The van der Waals surface area contributed by atoms with Crippen molar-refractivity contribution < 1.29 is 9.59 Å². The van der Waals surface area contributed by atoms with Gasteiger partial charge in [-0.2, -0.15) is 5.26 Å². The molecule has 22 heavy (non-hydrogen) atoms. The van der Waals surface area contributed by atoms with Gasteiger partial charge in [-0.1, -0.05) is 17.7 Å². The summed E-state index contributed by atoms with van der Waals surface area (Å²) in [6, 6.07) is 11.4. The molecule has 2 amide bonds. The van der Waals surface area contributed by atoms with Gasteiger partial charge in [0, 0.05) is 16.9 Å². The van der Waals surface area contributed by atoms with Gasteiger partial charge in [0.15, 0.2) is 0 Å². The fraction of sp³-hybridized carbons (Fsp3) is 0.0667. The van der Waals surface area contributed by atoms with Crippen LogP contribution < -0.4 is 10.6 Å². The molecule has 0 fully saturated rings. The Morgan fingerprint density at radius 1 is 1.27 bits per heavy atom. The molecular weight excluding hydrogens is 304 g/mol. The molecule has 1 heterocycles. The summed E-state index contributed by atoms with van der Waals surface area (Å²) in [5, 5.41) is 14.2. The third-order valence-electron chi connectivity index (χ3n) is 2.64. The van der Waals surface area contributed by atoms with E-state index >= 15 is 0 Å². The van der Waals surface area contributed by atoms with E-state index in [9.17, 15) is 9.59 Å². The lowest BCUT2D eigenvalue weighted by Gasteiger charge is -2.07. The van der Waals surface area contributed by atoms with Gasteiger partial charge in [-0.3, -0.25) is 14.6 Å². The van der Waals surface area contributed by atoms with Crippen LogP contribution in [0.15, 0.2) is 42.6 Å². The van der Waals surface area contributed by atoms with Gasteiger partial charge < -0.3 is 10.6 Å². The van der Waals surface area contributed by atoms with Gasteiger partial charge in [-0.05, 0) is 30.3 Å². The highest BCUT2D eigenvalue weighted by molar-refractivity contribution is 6.30. The second kappa shape index (κ2) is 7.20. The summed E-state index contributed by atoms with van der Waals surface area (Å²) < 4.78 is 0. The zero-order chi connectivity index (χ0) is 15.9. The molecule has 0 saturated heterocycles. The maximum Gasteiger partial charge on any atom is 0.270 e. The zero-order valence-corrected chi connectivity index (χ0v) is 12.1. The summed E-state index contributed by atoms with van der Waals surface area (Å²) in [5.74, 6) is -0.908. The first-order valence-corrected chi connectivity index (χ1v) is 6.66. The fourth-order valence-corrected chi connectivity index (χ4v) is 1.81. The first-order chi connectivity index (χ1) is 10.6. The molecule has 110 valence electrons. The van der Waals surface area contributed by atoms with Gasteiger partial charge in [-0.25, -0.2) is 0 Å². The number of nitriles is 1. The number of hydrogen-bond donors (Lipinski definition) is 2. The Hall–Kier alpha value is -2.91. The summed E-state index contributed by atoms with van der Waals surface area (Å²) in [5.41, 5.74) is 1.05. The Kier molecular flexibility index (Phi) is 5.07. The Labute approximate surface area is 131 Å². The van der Waals surface area contributed by atoms with Crippen molar-refractivity contribution in [1.29, 1.82) is 5.26 Å². The van der Waals surface area contributed by atoms with E-state index in [4.69, 9.17) is 16.9 Å². The molecule has 2 N–H and O–H groups in total. The van der Waals surface area contributed by atoms with Crippen LogP contribution in [0.5, 0.6) is 0 Å². The lowest BCUT2D eigenvalue weighted by Crippen LogP contribution is -2.33. The van der Waals surface area contributed by atoms with Gasteiger partial charge in [0.1, 0.15) is 5.69 Å². The minimum Gasteiger partial charge on any atom is -0.342 e. The zero-order valence-electron chi connectivity index (χ0n) is 11.3. The van der Waals surface area contributed by atoms with Crippen LogP contribution in [0.4, 0.5) is 5.69 Å². The number of hydrogen-bond acceptors (Lipinski definition) is 4. The monoisotopic (exact) mass is 314 g/mol. The largest absolute Gasteiger partial charge is 0.342 e. The Bertz CT molecular complexity index is 755. The number of amides is 2. The van der Waals surface area contributed by atoms with Gasteiger partial charge >= 0.3 is 0 Å². The third-order valence-corrected chi connectivity index (χ3v) is 2.87. The van der Waals surface area contributed by atoms with Crippen LogP contribution in [0.1, 0.15) is 16.1 Å². The number of aromatic nitrogens is 1. The highest BCUT2D eigenvalue weighted by Gasteiger charge is 2.10. The van der Waals surface area contributed by atoms with Gasteiger partial charge in [0.05, 0.1) is 18.2 Å². The van der Waals surface area contributed by atoms with Crippen LogP contribution in [-0.2, 0) is 4.79 Å². The number of nitrogens with one attached hydrogen (secondary N) is 2. The SMILES string of the molecule is N#Cc1cccc(NC(=O)CNC(=O)c2cc(Cl)ccn2)c1. The topological polar surface area (TPSA) is 94.9 Å². The van der Waals surface area contributed by atoms with Crippen molar-refractivity contribution in [2.75, 3.05) is 11.9 Å². The second-order valence-corrected chi connectivity index (χ2v) is 4.72. The summed E-state index contributed by atoms with van der Waals surface area (Å²) in [4.78, 5) is 27.4. The van der Waals surface area contributed by atoms with Crippen LogP contribution >= 0.6 is 11.6 Å². The number of nitrogens with zero attached hydrogens (tertiary/aromatic N) is 2. The maximum atomic E-state index is 11.8. The average molecular weight is 315 g/mol. The first kappa shape index (κ1) is 15.5. The van der Waals surface area contributed by atoms with E-state index in [1.165, 1.54) is 18.3 Å². The van der Waals surface area contributed by atoms with Gasteiger partial charge in [0.25, 0.3) is 5.91 Å². The van der Waals surface area contributed by atoms with Crippen molar-refractivity contribution in [3.8, 4) is 6.07 Å². The molecule has 0 radical (unpaired) electrons. The van der Waals surface area contributed by atoms with Crippen molar-refractivity contribution in [2.24, 2.45) is 0 Å². The number of halogens is 1. The van der Waals surface area contributed by atoms with E-state index in [2.05, 4.69) is 15.6 Å². The van der Waals surface area contributed by atoms with Crippen LogP contribution in [0.3, 0.4) is 0 Å². The van der Waals surface area contributed by atoms with Gasteiger partial charge in [-0.15, -0.1) is 0 Å². The average Bonchev–Trinajstić information content (AvgIpc) is 2.52. The molecular formula is C15H11ClN4O2. The molecule has 0 aliphatic heterocycles. The predicted octanol–water partition coefficient (Wildman–Crippen LogP) is 1.98. The minimum absolute atomic E-state index is 0.131. The molecule has 2 rings (SSSR count). The Balaban J connectivity index is 1.90. The molecule has 2 aromatic rings. The van der Waals surface area contributed by atoms with Crippen molar-refractivity contribution >= 4 is 29.1 Å². The summed E-state index contributed by atoms with van der Waals surface area (Å²) >= 11 is 5.76. The maximum absolute atomic E-state index is 11.8. The number of carbonyl (C=O) groups is 2. The molecule has 0 aliphatic carbocycles. The van der Waals surface area contributed by atoms with Crippen molar-refractivity contribution in [1.82, 2.24) is 10.3 Å². The van der Waals surface area contributed by atoms with E-state index in [-0.39, 0.29) is 12.2 Å². The Morgan fingerprint density at radius 3 is 2.82 bits per heavy atom. The molecule has 0 aliphatic rings. The van der Waals surface area contributed by atoms with Crippen molar-refractivity contribution in [3.05, 3.63) is 58.9 Å². The van der Waals surface area contributed by atoms with E-state index in [0.717, 1.165) is 0 Å². The molecule has 1 aromatic carbocycles. The molecule has 0 saturated carbocycles. The lowest BCUT2D eigenvalue weighted by atomic mass is 10.2. The molecule has 0 bridgehead atoms. The highest BCUT2D eigenvalue weighted by Crippen LogP contribution is 2.09. The second-order valence-electron chi connectivity index (χ2n) is 4.28. The van der Waals surface area contributed by atoms with Crippen LogP contribution in [0.2, 0.25) is 5.02 Å². The van der Waals surface area contributed by atoms with Crippen molar-refractivity contribution in [2.45, 2.75) is 0 Å². The molecule has 6 nitrogen and oxygen atoms in total. The van der Waals surface area contributed by atoms with E-state index < -0.39 is 11.8 Å². The summed E-state index contributed by atoms with van der Waals surface area (Å²) in [6.45, 7) is -0.218. The molecule has 0 unspecified atom stereocenters. The smallest absolute Gasteiger partial charge is 0.270 e. The van der Waals surface area contributed by atoms with Crippen LogP contribution in [0, 0.1) is 11.3 Å². The summed E-state index contributed by atoms with van der Waals surface area (Å²) in [6.07, 6.45) is 1.41. The molecule has 0 spiro atoms. The van der Waals surface area contributed by atoms with E-state index in [1.54, 1.807) is 24.3 Å². The van der Waals surface area contributed by atoms with Gasteiger partial charge in [0.2, 0.25) is 5.91 Å². The molecule has 1 aromatic heterocycles. The number of pyridine rings is 1. The molecule has 7 heteroatoms. The Morgan fingerprint density at radius 2 is 2.09 bits per heavy atom. The molecule has 0 atom stereocenters. The first-order valence-electron chi connectivity index (χ1n) is 6.28. The lowest BCUT2D eigenvalue weighted by molar-refractivity contribution is -0.115. The van der Waals surface area contributed by atoms with Crippen LogP contribution in [-0.4, -0.2) is 23.3 Å². The number of anilines is 1. The van der Waals surface area contributed by atoms with E-state index in [0.29, 0.717) is 16.3 Å². The quantitative estimate of drug-likeness (QED) is 0.902. The fourth-order valence-electron chi connectivity index (χ4n) is 1.65.